The lowest BCUT2D eigenvalue weighted by molar-refractivity contribution is -0.160. The number of nitrogens with two attached hydrogens (primary N) is 1. The number of Topliss-reactive ketones (excluding diaryl/α,β-unsaturated/α-hetero) is 2. The van der Waals surface area contributed by atoms with E-state index in [0.717, 1.165) is 0 Å². The molecule has 0 aromatic heterocycles. The number of ketones is 2. The van der Waals surface area contributed by atoms with Crippen LogP contribution in [-0.4, -0.2) is 54.7 Å². The molecule has 1 amide bonds. The molecule has 0 heterocycles. The number of aliphatic hydroxyl groups is 4. The predicted molar refractivity (Wildman–Crippen MR) is 97.5 cm³/mol. The van der Waals surface area contributed by atoms with Crippen LogP contribution in [0.1, 0.15) is 30.4 Å². The minimum atomic E-state index is -2.81. The van der Waals surface area contributed by atoms with Gasteiger partial charge in [-0.05, 0) is 17.5 Å². The Morgan fingerprint density at radius 1 is 1.21 bits per heavy atom. The van der Waals surface area contributed by atoms with Gasteiger partial charge in [0.25, 0.3) is 5.91 Å². The van der Waals surface area contributed by atoms with Crippen LogP contribution >= 0.6 is 0 Å². The smallest absolute Gasteiger partial charge is 0.255 e. The van der Waals surface area contributed by atoms with E-state index >= 15 is 0 Å². The number of fused-ring (bicyclic) bond motifs is 3. The fraction of sp³-hybridized carbons (Fsp3) is 0.350. The molecule has 152 valence electrons. The maximum Gasteiger partial charge on any atom is 0.255 e. The molecule has 9 heteroatoms. The first-order valence-corrected chi connectivity index (χ1v) is 9.00. The number of rotatable bonds is 1. The van der Waals surface area contributed by atoms with Crippen LogP contribution in [0.2, 0.25) is 0 Å². The van der Waals surface area contributed by atoms with Crippen molar-refractivity contribution in [3.05, 3.63) is 46.2 Å². The van der Waals surface area contributed by atoms with Crippen LogP contribution < -0.4 is 5.73 Å². The topological polar surface area (TPSA) is 178 Å². The number of aliphatic hydroxyl groups excluding tert-OH is 3. The normalized spacial score (nSPS) is 33.9. The van der Waals surface area contributed by atoms with Gasteiger partial charge in [0.15, 0.2) is 11.4 Å². The molecule has 0 spiro atoms. The molecule has 3 aliphatic rings. The third-order valence-electron chi connectivity index (χ3n) is 6.37. The molecule has 0 bridgehead atoms. The van der Waals surface area contributed by atoms with Crippen molar-refractivity contribution < 1.29 is 39.9 Å². The molecule has 1 aromatic carbocycles. The van der Waals surface area contributed by atoms with Crippen molar-refractivity contribution in [2.24, 2.45) is 17.6 Å². The minimum absolute atomic E-state index is 0.0145. The highest BCUT2D eigenvalue weighted by atomic mass is 16.4. The van der Waals surface area contributed by atoms with Gasteiger partial charge in [0, 0.05) is 23.8 Å². The van der Waals surface area contributed by atoms with E-state index in [1.54, 1.807) is 19.1 Å². The molecule has 9 nitrogen and oxygen atoms in total. The highest BCUT2D eigenvalue weighted by molar-refractivity contribution is 6.22. The Morgan fingerprint density at radius 3 is 2.48 bits per heavy atom. The summed E-state index contributed by atoms with van der Waals surface area (Å²) in [7, 11) is 0. The first-order valence-electron chi connectivity index (χ1n) is 9.00. The molecule has 1 fully saturated rings. The van der Waals surface area contributed by atoms with Crippen molar-refractivity contribution in [1.29, 1.82) is 0 Å². The van der Waals surface area contributed by atoms with E-state index in [1.807, 2.05) is 0 Å². The minimum Gasteiger partial charge on any atom is -0.508 e. The fourth-order valence-electron chi connectivity index (χ4n) is 4.96. The van der Waals surface area contributed by atoms with Crippen LogP contribution in [-0.2, 0) is 14.4 Å². The van der Waals surface area contributed by atoms with Gasteiger partial charge >= 0.3 is 0 Å². The summed E-state index contributed by atoms with van der Waals surface area (Å²) in [6, 6.07) is 4.49. The Balaban J connectivity index is 2.02. The standard InChI is InChI=1S/C20H19NO8/c1-6-7-3-2-4-9(22)12(7)16(25)14-11(6)15(24)8-5-10(23)13(19(21)28)17(26)20(8,29)18(14)27/h2-4,6,8,11,15,22,24-26,29H,5H2,1H3,(H2,21,28). The summed E-state index contributed by atoms with van der Waals surface area (Å²) in [6.45, 7) is 1.67. The number of carbonyl (C=O) groups is 3. The van der Waals surface area contributed by atoms with Crippen molar-refractivity contribution in [1.82, 2.24) is 0 Å². The molecule has 4 rings (SSSR count). The van der Waals surface area contributed by atoms with Crippen molar-refractivity contribution in [3.8, 4) is 5.75 Å². The first kappa shape index (κ1) is 19.2. The van der Waals surface area contributed by atoms with Crippen molar-refractivity contribution in [3.63, 3.8) is 0 Å². The Bertz CT molecular complexity index is 1050. The second-order valence-corrected chi connectivity index (χ2v) is 7.73. The zero-order valence-electron chi connectivity index (χ0n) is 15.3. The van der Waals surface area contributed by atoms with Crippen LogP contribution in [0.25, 0.3) is 5.76 Å². The monoisotopic (exact) mass is 401 g/mol. The number of carbonyl (C=O) groups excluding carboxylic acids is 3. The van der Waals surface area contributed by atoms with Crippen LogP contribution in [0.15, 0.2) is 35.1 Å². The SMILES string of the molecule is CC1c2cccc(O)c2C(O)=C2C(=O)C3(O)C(O)=C(C(N)=O)C(=O)CC3C(O)C21. The Hall–Kier alpha value is -3.17. The predicted octanol–water partition coefficient (Wildman–Crippen LogP) is -0.0443. The largest absolute Gasteiger partial charge is 0.508 e. The summed E-state index contributed by atoms with van der Waals surface area (Å²) in [4.78, 5) is 37.2. The van der Waals surface area contributed by atoms with Crippen LogP contribution in [0.4, 0.5) is 0 Å². The van der Waals surface area contributed by atoms with Crippen LogP contribution in [0, 0.1) is 11.8 Å². The van der Waals surface area contributed by atoms with E-state index in [2.05, 4.69) is 0 Å². The Morgan fingerprint density at radius 2 is 1.86 bits per heavy atom. The van der Waals surface area contributed by atoms with Gasteiger partial charge in [-0.25, -0.2) is 0 Å². The number of phenols is 1. The highest BCUT2D eigenvalue weighted by Crippen LogP contribution is 2.55. The summed E-state index contributed by atoms with van der Waals surface area (Å²) in [5, 5.41) is 53.6. The van der Waals surface area contributed by atoms with E-state index in [9.17, 15) is 39.9 Å². The van der Waals surface area contributed by atoms with E-state index < -0.39 is 70.4 Å². The van der Waals surface area contributed by atoms with Gasteiger partial charge in [-0.1, -0.05) is 19.1 Å². The third-order valence-corrected chi connectivity index (χ3v) is 6.37. The summed E-state index contributed by atoms with van der Waals surface area (Å²) >= 11 is 0. The van der Waals surface area contributed by atoms with Crippen molar-refractivity contribution in [2.75, 3.05) is 0 Å². The molecular formula is C20H19NO8. The average Bonchev–Trinajstić information content (AvgIpc) is 2.65. The summed E-state index contributed by atoms with van der Waals surface area (Å²) in [5.41, 5.74) is 1.48. The number of phenolic OH excluding ortho intramolecular Hbond substituents is 1. The number of amides is 1. The zero-order valence-corrected chi connectivity index (χ0v) is 15.3. The lowest BCUT2D eigenvalue weighted by atomic mass is 9.55. The molecule has 0 saturated heterocycles. The van der Waals surface area contributed by atoms with Gasteiger partial charge in [0.1, 0.15) is 22.8 Å². The second kappa shape index (κ2) is 5.91. The lowest BCUT2D eigenvalue weighted by Crippen LogP contribution is -2.63. The fourth-order valence-corrected chi connectivity index (χ4v) is 4.96. The average molecular weight is 401 g/mol. The number of aromatic hydroxyl groups is 1. The van der Waals surface area contributed by atoms with Gasteiger partial charge in [-0.2, -0.15) is 0 Å². The molecule has 0 aliphatic heterocycles. The van der Waals surface area contributed by atoms with Gasteiger partial charge in [-0.15, -0.1) is 0 Å². The molecule has 5 unspecified atom stereocenters. The zero-order chi connectivity index (χ0) is 21.4. The summed E-state index contributed by atoms with van der Waals surface area (Å²) in [5.74, 6) is -8.54. The Labute approximate surface area is 164 Å². The lowest BCUT2D eigenvalue weighted by Gasteiger charge is -2.50. The van der Waals surface area contributed by atoms with Gasteiger partial charge in [0.05, 0.1) is 11.7 Å². The molecule has 5 atom stereocenters. The Kier molecular flexibility index (Phi) is 3.91. The number of hydrogen-bond donors (Lipinski definition) is 6. The van der Waals surface area contributed by atoms with Crippen LogP contribution in [0.5, 0.6) is 5.75 Å². The maximum atomic E-state index is 13.3. The molecule has 29 heavy (non-hydrogen) atoms. The van der Waals surface area contributed by atoms with E-state index in [0.29, 0.717) is 5.56 Å². The molecule has 1 saturated carbocycles. The van der Waals surface area contributed by atoms with E-state index in [4.69, 9.17) is 5.73 Å². The van der Waals surface area contributed by atoms with Gasteiger partial charge in [-0.3, -0.25) is 14.4 Å². The third kappa shape index (κ3) is 2.19. The quantitative estimate of drug-likeness (QED) is 0.355. The second-order valence-electron chi connectivity index (χ2n) is 7.73. The summed E-state index contributed by atoms with van der Waals surface area (Å²) < 4.78 is 0. The van der Waals surface area contributed by atoms with Gasteiger partial charge < -0.3 is 31.3 Å². The van der Waals surface area contributed by atoms with Crippen LogP contribution in [0.3, 0.4) is 0 Å². The molecule has 3 aliphatic carbocycles. The molecule has 0 radical (unpaired) electrons. The number of benzene rings is 1. The summed E-state index contributed by atoms with van der Waals surface area (Å²) in [6.07, 6.45) is -2.10. The van der Waals surface area contributed by atoms with Crippen molar-refractivity contribution in [2.45, 2.75) is 31.0 Å². The molecule has 1 aromatic rings. The van der Waals surface area contributed by atoms with Crippen molar-refractivity contribution >= 4 is 23.2 Å². The first-order chi connectivity index (χ1) is 13.5. The van der Waals surface area contributed by atoms with E-state index in [1.165, 1.54) is 6.07 Å². The highest BCUT2D eigenvalue weighted by Gasteiger charge is 2.64. The molecule has 7 N–H and O–H groups in total. The van der Waals surface area contributed by atoms with Gasteiger partial charge in [0.2, 0.25) is 5.78 Å². The van der Waals surface area contributed by atoms with E-state index in [-0.39, 0.29) is 16.9 Å². The molecular weight excluding hydrogens is 382 g/mol. The number of primary amides is 1. The number of hydrogen-bond acceptors (Lipinski definition) is 8. The maximum absolute atomic E-state index is 13.3.